The van der Waals surface area contributed by atoms with E-state index >= 15 is 0 Å². The second-order valence-electron chi connectivity index (χ2n) is 13.4. The second-order valence-corrected chi connectivity index (χ2v) is 13.4. The van der Waals surface area contributed by atoms with Crippen molar-refractivity contribution >= 4 is 12.0 Å². The topological polar surface area (TPSA) is 70.1 Å². The average Bonchev–Trinajstić information content (AvgIpc) is 3.43. The largest absolute Gasteiger partial charge is 0.457 e. The molecule has 260 valence electrons. The normalized spacial score (nSPS) is 16.5. The van der Waals surface area contributed by atoms with Gasteiger partial charge in [0.1, 0.15) is 6.10 Å². The van der Waals surface area contributed by atoms with Crippen molar-refractivity contribution < 1.29 is 19.4 Å². The minimum absolute atomic E-state index is 0.238. The zero-order valence-corrected chi connectivity index (χ0v) is 29.4. The zero-order valence-electron chi connectivity index (χ0n) is 29.4. The Hall–Kier alpha value is -5.98. The first kappa shape index (κ1) is 34.5. The molecule has 1 fully saturated rings. The maximum Gasteiger partial charge on any atom is 0.331 e. The van der Waals surface area contributed by atoms with Gasteiger partial charge in [-0.05, 0) is 58.4 Å². The number of ether oxygens (including phenoxy) is 1. The summed E-state index contributed by atoms with van der Waals surface area (Å²) < 4.78 is 6.31. The summed E-state index contributed by atoms with van der Waals surface area (Å²) in [5.74, 6) is -0.569. The van der Waals surface area contributed by atoms with Crippen LogP contribution in [0.2, 0.25) is 0 Å². The number of aliphatic hydroxyl groups is 1. The molecule has 0 unspecified atom stereocenters. The molecule has 6 heteroatoms. The van der Waals surface area contributed by atoms with Gasteiger partial charge in [-0.2, -0.15) is 0 Å². The highest BCUT2D eigenvalue weighted by atomic mass is 16.6. The van der Waals surface area contributed by atoms with Crippen molar-refractivity contribution in [2.75, 3.05) is 0 Å². The number of hydrogen-bond donors (Lipinski definition) is 1. The summed E-state index contributed by atoms with van der Waals surface area (Å²) in [7, 11) is 0. The summed E-state index contributed by atoms with van der Waals surface area (Å²) in [6.07, 6.45) is -1.02. The smallest absolute Gasteiger partial charge is 0.331 e. The van der Waals surface area contributed by atoms with Gasteiger partial charge in [0.15, 0.2) is 11.6 Å². The van der Waals surface area contributed by atoms with E-state index < -0.39 is 29.8 Å². The molecule has 1 heterocycles. The van der Waals surface area contributed by atoms with Gasteiger partial charge in [0, 0.05) is 13.1 Å². The summed E-state index contributed by atoms with van der Waals surface area (Å²) in [5, 5.41) is 12.8. The summed E-state index contributed by atoms with van der Waals surface area (Å²) >= 11 is 0. The number of hydrogen-bond acceptors (Lipinski definition) is 4. The Labute approximate surface area is 305 Å². The number of urea groups is 1. The Morgan fingerprint density at radius 1 is 0.596 bits per heavy atom. The molecule has 6 nitrogen and oxygen atoms in total. The molecule has 0 spiro atoms. The van der Waals surface area contributed by atoms with Gasteiger partial charge < -0.3 is 19.6 Å². The number of carbonyl (C=O) groups is 2. The van der Waals surface area contributed by atoms with Gasteiger partial charge in [-0.25, -0.2) is 9.59 Å². The van der Waals surface area contributed by atoms with Crippen LogP contribution < -0.4 is 0 Å². The highest BCUT2D eigenvalue weighted by Crippen LogP contribution is 2.38. The molecular weight excluding hydrogens is 645 g/mol. The van der Waals surface area contributed by atoms with Crippen LogP contribution in [0, 0.1) is 0 Å². The minimum atomic E-state index is -1.71. The molecule has 2 amide bonds. The summed E-state index contributed by atoms with van der Waals surface area (Å²) in [6.45, 7) is 4.21. The Kier molecular flexibility index (Phi) is 10.0. The fourth-order valence-electron chi connectivity index (χ4n) is 7.21. The van der Waals surface area contributed by atoms with Gasteiger partial charge >= 0.3 is 12.0 Å². The van der Waals surface area contributed by atoms with Crippen molar-refractivity contribution in [2.24, 2.45) is 0 Å². The van der Waals surface area contributed by atoms with Gasteiger partial charge in [0.25, 0.3) is 0 Å². The molecule has 6 aromatic rings. The quantitative estimate of drug-likeness (QED) is 0.138. The van der Waals surface area contributed by atoms with Crippen LogP contribution >= 0.6 is 0 Å². The number of carbonyl (C=O) groups excluding carboxylic acids is 2. The van der Waals surface area contributed by atoms with Crippen molar-refractivity contribution in [3.8, 4) is 22.3 Å². The van der Waals surface area contributed by atoms with Crippen LogP contribution in [0.3, 0.4) is 0 Å². The number of amides is 2. The molecule has 1 aliphatic rings. The molecule has 1 N–H and O–H groups in total. The lowest BCUT2D eigenvalue weighted by atomic mass is 9.81. The molecule has 0 saturated carbocycles. The van der Waals surface area contributed by atoms with Crippen molar-refractivity contribution in [1.82, 2.24) is 9.80 Å². The molecular formula is C46H42N2O4. The molecule has 0 bridgehead atoms. The van der Waals surface area contributed by atoms with Gasteiger partial charge in [-0.1, -0.05) is 170 Å². The monoisotopic (exact) mass is 686 g/mol. The number of benzene rings is 6. The molecule has 7 rings (SSSR count). The van der Waals surface area contributed by atoms with Gasteiger partial charge in [-0.15, -0.1) is 0 Å². The molecule has 1 aliphatic heterocycles. The Morgan fingerprint density at radius 3 is 1.38 bits per heavy atom. The SMILES string of the molecule is C[C@H](OC(=O)[C@@H]1[C@H](C)N(Cc2ccccc2)C(=O)N1Cc1ccccc1)C(O)(c1ccc(-c2ccccc2)cc1)c1ccc(-c2ccccc2)cc1. The van der Waals surface area contributed by atoms with E-state index in [4.69, 9.17) is 4.74 Å². The molecule has 0 aliphatic carbocycles. The lowest BCUT2D eigenvalue weighted by Crippen LogP contribution is -2.48. The van der Waals surface area contributed by atoms with Crippen LogP contribution in [0.25, 0.3) is 22.3 Å². The number of esters is 1. The van der Waals surface area contributed by atoms with Crippen LogP contribution in [-0.2, 0) is 28.2 Å². The van der Waals surface area contributed by atoms with E-state index in [1.807, 2.05) is 177 Å². The van der Waals surface area contributed by atoms with Crippen molar-refractivity contribution in [2.45, 2.75) is 50.7 Å². The first-order valence-electron chi connectivity index (χ1n) is 17.7. The Morgan fingerprint density at radius 2 is 0.962 bits per heavy atom. The summed E-state index contributed by atoms with van der Waals surface area (Å²) in [5.41, 5.74) is 5.46. The minimum Gasteiger partial charge on any atom is -0.457 e. The third-order valence-electron chi connectivity index (χ3n) is 10.2. The first-order chi connectivity index (χ1) is 25.3. The predicted octanol–water partition coefficient (Wildman–Crippen LogP) is 9.08. The van der Waals surface area contributed by atoms with Gasteiger partial charge in [0.2, 0.25) is 0 Å². The highest BCUT2D eigenvalue weighted by Gasteiger charge is 2.50. The van der Waals surface area contributed by atoms with Crippen LogP contribution in [0.1, 0.15) is 36.1 Å². The molecule has 6 aromatic carbocycles. The fourth-order valence-corrected chi connectivity index (χ4v) is 7.21. The number of rotatable bonds is 11. The van der Waals surface area contributed by atoms with E-state index in [2.05, 4.69) is 0 Å². The van der Waals surface area contributed by atoms with E-state index in [1.165, 1.54) is 0 Å². The fraction of sp³-hybridized carbons (Fsp3) is 0.174. The van der Waals surface area contributed by atoms with Gasteiger partial charge in [0.05, 0.1) is 6.04 Å². The third-order valence-corrected chi connectivity index (χ3v) is 10.2. The third kappa shape index (κ3) is 6.98. The van der Waals surface area contributed by atoms with Crippen LogP contribution in [0.4, 0.5) is 4.79 Å². The molecule has 0 radical (unpaired) electrons. The van der Waals surface area contributed by atoms with E-state index in [0.29, 0.717) is 17.7 Å². The molecule has 1 saturated heterocycles. The van der Waals surface area contributed by atoms with Gasteiger partial charge in [-0.3, -0.25) is 0 Å². The highest BCUT2D eigenvalue weighted by molar-refractivity contribution is 5.88. The van der Waals surface area contributed by atoms with Crippen molar-refractivity contribution in [1.29, 1.82) is 0 Å². The molecule has 52 heavy (non-hydrogen) atoms. The van der Waals surface area contributed by atoms with Crippen LogP contribution in [-0.4, -0.2) is 45.1 Å². The predicted molar refractivity (Wildman–Crippen MR) is 205 cm³/mol. The summed E-state index contributed by atoms with van der Waals surface area (Å²) in [6, 6.07) is 53.4. The van der Waals surface area contributed by atoms with Crippen molar-refractivity contribution in [3.63, 3.8) is 0 Å². The standard InChI is InChI=1S/C46H42N2O4/c1-33-43(48(32-36-17-9-4-10-18-36)45(50)47(33)31-35-15-7-3-8-16-35)44(49)52-34(2)46(51,41-27-23-39(24-28-41)37-19-11-5-12-20-37)42-29-25-40(26-30-42)38-21-13-6-14-22-38/h3-30,33-34,43,51H,31-32H2,1-2H3/t33-,34-,43-/m0/s1. The lowest BCUT2D eigenvalue weighted by molar-refractivity contribution is -0.165. The maximum absolute atomic E-state index is 14.4. The Bertz CT molecular complexity index is 2010. The van der Waals surface area contributed by atoms with Crippen molar-refractivity contribution in [3.05, 3.63) is 192 Å². The van der Waals surface area contributed by atoms with E-state index in [0.717, 1.165) is 33.4 Å². The average molecular weight is 687 g/mol. The first-order valence-corrected chi connectivity index (χ1v) is 17.7. The molecule has 3 atom stereocenters. The summed E-state index contributed by atoms with van der Waals surface area (Å²) in [4.78, 5) is 31.8. The number of nitrogens with zero attached hydrogens (tertiary/aromatic N) is 2. The second kappa shape index (κ2) is 15.1. The Balaban J connectivity index is 1.22. The molecule has 0 aromatic heterocycles. The maximum atomic E-state index is 14.4. The van der Waals surface area contributed by atoms with Crippen LogP contribution in [0.5, 0.6) is 0 Å². The lowest BCUT2D eigenvalue weighted by Gasteiger charge is -2.36. The zero-order chi connectivity index (χ0) is 36.1. The van der Waals surface area contributed by atoms with E-state index in [1.54, 1.807) is 16.7 Å². The van der Waals surface area contributed by atoms with E-state index in [-0.39, 0.29) is 12.6 Å². The van der Waals surface area contributed by atoms with E-state index in [9.17, 15) is 14.7 Å². The van der Waals surface area contributed by atoms with Crippen LogP contribution in [0.15, 0.2) is 170 Å².